The van der Waals surface area contributed by atoms with Gasteiger partial charge in [0.15, 0.2) is 5.11 Å². The van der Waals surface area contributed by atoms with Crippen LogP contribution in [-0.2, 0) is 4.79 Å². The Morgan fingerprint density at radius 1 is 1.07 bits per heavy atom. The minimum absolute atomic E-state index is 0.231. The predicted octanol–water partition coefficient (Wildman–Crippen LogP) is 4.27. The number of piperazine rings is 1. The second-order valence-electron chi connectivity index (χ2n) is 6.78. The Kier molecular flexibility index (Phi) is 7.50. The summed E-state index contributed by atoms with van der Waals surface area (Å²) in [5.41, 5.74) is 2.70. The van der Waals surface area contributed by atoms with Gasteiger partial charge in [-0.15, -0.1) is 0 Å². The van der Waals surface area contributed by atoms with Gasteiger partial charge in [-0.25, -0.2) is 0 Å². The molecule has 1 heterocycles. The molecule has 8 heteroatoms. The van der Waals surface area contributed by atoms with Crippen molar-refractivity contribution in [3.8, 4) is 0 Å². The van der Waals surface area contributed by atoms with Crippen molar-refractivity contribution in [3.05, 3.63) is 64.1 Å². The Morgan fingerprint density at radius 3 is 2.41 bits per heavy atom. The van der Waals surface area contributed by atoms with E-state index in [9.17, 15) is 4.79 Å². The van der Waals surface area contributed by atoms with E-state index < -0.39 is 0 Å². The maximum absolute atomic E-state index is 12.1. The fraction of sp³-hybridized carbons (Fsp3) is 0.238. The van der Waals surface area contributed by atoms with Gasteiger partial charge in [-0.05, 0) is 67.3 Å². The first kappa shape index (κ1) is 21.6. The van der Waals surface area contributed by atoms with E-state index in [0.29, 0.717) is 15.6 Å². The third-order valence-electron chi connectivity index (χ3n) is 4.61. The normalized spacial score (nSPS) is 14.8. The molecule has 5 nitrogen and oxygen atoms in total. The molecule has 1 saturated heterocycles. The zero-order valence-corrected chi connectivity index (χ0v) is 18.3. The number of nitrogens with one attached hydrogen (secondary N) is 2. The van der Waals surface area contributed by atoms with Gasteiger partial charge in [-0.2, -0.15) is 0 Å². The summed E-state index contributed by atoms with van der Waals surface area (Å²) in [5, 5.41) is 6.89. The summed E-state index contributed by atoms with van der Waals surface area (Å²) in [6.07, 6.45) is 2.99. The number of amides is 1. The van der Waals surface area contributed by atoms with Crippen LogP contribution >= 0.6 is 35.4 Å². The predicted molar refractivity (Wildman–Crippen MR) is 126 cm³/mol. The largest absolute Gasteiger partial charge is 0.369 e. The van der Waals surface area contributed by atoms with Gasteiger partial charge in [0.2, 0.25) is 5.91 Å². The molecule has 1 amide bonds. The molecule has 0 bridgehead atoms. The van der Waals surface area contributed by atoms with Gasteiger partial charge in [0.1, 0.15) is 0 Å². The van der Waals surface area contributed by atoms with Crippen LogP contribution in [0.4, 0.5) is 11.4 Å². The fourth-order valence-electron chi connectivity index (χ4n) is 2.94. The summed E-state index contributed by atoms with van der Waals surface area (Å²) in [6.45, 7) is 4.15. The number of halogens is 2. The van der Waals surface area contributed by atoms with Crippen LogP contribution in [0.5, 0.6) is 0 Å². The monoisotopic (exact) mass is 448 g/mol. The summed E-state index contributed by atoms with van der Waals surface area (Å²) >= 11 is 17.2. The first-order valence-corrected chi connectivity index (χ1v) is 10.4. The smallest absolute Gasteiger partial charge is 0.250 e. The van der Waals surface area contributed by atoms with Gasteiger partial charge in [0.05, 0.1) is 0 Å². The lowest BCUT2D eigenvalue weighted by atomic mass is 10.2. The van der Waals surface area contributed by atoms with E-state index in [-0.39, 0.29) is 11.0 Å². The molecule has 2 aromatic carbocycles. The maximum Gasteiger partial charge on any atom is 0.250 e. The van der Waals surface area contributed by atoms with Crippen molar-refractivity contribution < 1.29 is 4.79 Å². The van der Waals surface area contributed by atoms with Crippen molar-refractivity contribution in [2.24, 2.45) is 0 Å². The highest BCUT2D eigenvalue weighted by Crippen LogP contribution is 2.22. The lowest BCUT2D eigenvalue weighted by Crippen LogP contribution is -2.44. The first-order valence-electron chi connectivity index (χ1n) is 9.19. The Hall–Kier alpha value is -2.12. The van der Waals surface area contributed by atoms with Crippen LogP contribution in [0, 0.1) is 0 Å². The lowest BCUT2D eigenvalue weighted by Gasteiger charge is -2.34. The van der Waals surface area contributed by atoms with Crippen molar-refractivity contribution in [3.63, 3.8) is 0 Å². The third-order valence-corrected chi connectivity index (χ3v) is 5.37. The van der Waals surface area contributed by atoms with Crippen LogP contribution in [0.1, 0.15) is 5.56 Å². The number of hydrogen-bond acceptors (Lipinski definition) is 4. The topological polar surface area (TPSA) is 47.6 Å². The number of benzene rings is 2. The minimum Gasteiger partial charge on any atom is -0.369 e. The van der Waals surface area contributed by atoms with Crippen molar-refractivity contribution in [2.75, 3.05) is 43.4 Å². The van der Waals surface area contributed by atoms with E-state index >= 15 is 0 Å². The summed E-state index contributed by atoms with van der Waals surface area (Å²) in [5.74, 6) is -0.345. The number of nitrogens with zero attached hydrogens (tertiary/aromatic N) is 2. The zero-order chi connectivity index (χ0) is 20.8. The molecule has 0 atom stereocenters. The number of carbonyl (C=O) groups is 1. The summed E-state index contributed by atoms with van der Waals surface area (Å²) in [6, 6.07) is 13.1. The minimum atomic E-state index is -0.345. The Labute approximate surface area is 186 Å². The molecule has 2 aromatic rings. The molecule has 1 aliphatic rings. The van der Waals surface area contributed by atoms with E-state index in [1.165, 1.54) is 11.8 Å². The molecule has 1 fully saturated rings. The molecule has 0 spiro atoms. The van der Waals surface area contributed by atoms with Gasteiger partial charge in [-0.3, -0.25) is 10.1 Å². The molecule has 29 heavy (non-hydrogen) atoms. The number of anilines is 2. The van der Waals surface area contributed by atoms with E-state index in [4.69, 9.17) is 35.4 Å². The van der Waals surface area contributed by atoms with Crippen molar-refractivity contribution >= 4 is 63.9 Å². The number of carbonyl (C=O) groups excluding carboxylic acids is 1. The number of likely N-dealkylation sites (N-methyl/N-ethyl adjacent to an activating group) is 1. The van der Waals surface area contributed by atoms with Crippen LogP contribution < -0.4 is 15.5 Å². The van der Waals surface area contributed by atoms with E-state index in [1.807, 2.05) is 12.1 Å². The molecule has 1 aliphatic heterocycles. The zero-order valence-electron chi connectivity index (χ0n) is 16.0. The third kappa shape index (κ3) is 6.44. The summed E-state index contributed by atoms with van der Waals surface area (Å²) < 4.78 is 0. The SMILES string of the molecule is CN1CCN(c2ccc(NC(=S)NC(=O)/C=C/c3ccc(Cl)cc3Cl)cc2)CC1. The summed E-state index contributed by atoms with van der Waals surface area (Å²) in [7, 11) is 2.14. The second kappa shape index (κ2) is 10.1. The van der Waals surface area contributed by atoms with Gasteiger partial charge >= 0.3 is 0 Å². The molecule has 0 unspecified atom stereocenters. The van der Waals surface area contributed by atoms with Gasteiger partial charge < -0.3 is 15.1 Å². The molecule has 152 valence electrons. The Bertz CT molecular complexity index is 909. The fourth-order valence-corrected chi connectivity index (χ4v) is 3.63. The molecule has 0 aromatic heterocycles. The molecule has 0 aliphatic carbocycles. The number of hydrogen-bond donors (Lipinski definition) is 2. The highest BCUT2D eigenvalue weighted by Gasteiger charge is 2.14. The molecule has 3 rings (SSSR count). The van der Waals surface area contributed by atoms with Crippen LogP contribution in [-0.4, -0.2) is 49.1 Å². The molecule has 0 radical (unpaired) electrons. The molecule has 0 saturated carbocycles. The second-order valence-corrected chi connectivity index (χ2v) is 8.03. The highest BCUT2D eigenvalue weighted by molar-refractivity contribution is 7.80. The Balaban J connectivity index is 1.51. The summed E-state index contributed by atoms with van der Waals surface area (Å²) in [4.78, 5) is 16.8. The van der Waals surface area contributed by atoms with Crippen LogP contribution in [0.25, 0.3) is 6.08 Å². The van der Waals surface area contributed by atoms with E-state index in [0.717, 1.165) is 31.9 Å². The lowest BCUT2D eigenvalue weighted by molar-refractivity contribution is -0.115. The molecular weight excluding hydrogens is 427 g/mol. The number of rotatable bonds is 4. The van der Waals surface area contributed by atoms with Gasteiger partial charge in [0.25, 0.3) is 0 Å². The first-order chi connectivity index (χ1) is 13.9. The van der Waals surface area contributed by atoms with Gasteiger partial charge in [-0.1, -0.05) is 29.3 Å². The van der Waals surface area contributed by atoms with Crippen molar-refractivity contribution in [1.82, 2.24) is 10.2 Å². The average Bonchev–Trinajstić information content (AvgIpc) is 2.68. The molecule has 2 N–H and O–H groups in total. The van der Waals surface area contributed by atoms with Crippen LogP contribution in [0.2, 0.25) is 10.0 Å². The average molecular weight is 449 g/mol. The maximum atomic E-state index is 12.1. The quantitative estimate of drug-likeness (QED) is 0.539. The van der Waals surface area contributed by atoms with Crippen LogP contribution in [0.15, 0.2) is 48.5 Å². The van der Waals surface area contributed by atoms with Crippen LogP contribution in [0.3, 0.4) is 0 Å². The van der Waals surface area contributed by atoms with E-state index in [1.54, 1.807) is 24.3 Å². The van der Waals surface area contributed by atoms with Crippen molar-refractivity contribution in [2.45, 2.75) is 0 Å². The standard InChI is InChI=1S/C21H22Cl2N4OS/c1-26-10-12-27(13-11-26)18-7-5-17(6-8-18)24-21(29)25-20(28)9-3-15-2-4-16(22)14-19(15)23/h2-9,14H,10-13H2,1H3,(H2,24,25,28,29)/b9-3+. The van der Waals surface area contributed by atoms with Crippen molar-refractivity contribution in [1.29, 1.82) is 0 Å². The highest BCUT2D eigenvalue weighted by atomic mass is 35.5. The molecular formula is C21H22Cl2N4OS. The van der Waals surface area contributed by atoms with Gasteiger partial charge in [0, 0.05) is 53.7 Å². The Morgan fingerprint density at radius 2 is 1.76 bits per heavy atom. The number of thiocarbonyl (C=S) groups is 1. The van der Waals surface area contributed by atoms with E-state index in [2.05, 4.69) is 39.6 Å².